The number of rotatable bonds is 3. The second-order valence-electron chi connectivity index (χ2n) is 11.8. The quantitative estimate of drug-likeness (QED) is 0.0434. The number of aromatic carboxylic acids is 1. The van der Waals surface area contributed by atoms with Crippen LogP contribution in [-0.2, 0) is 0 Å². The molecule has 0 aliphatic heterocycles. The van der Waals surface area contributed by atoms with Crippen molar-refractivity contribution in [2.45, 2.75) is 34.6 Å². The highest BCUT2D eigenvalue weighted by Crippen LogP contribution is 2.25. The summed E-state index contributed by atoms with van der Waals surface area (Å²) in [6.45, 7) is 8.96. The number of nitrogens with one attached hydrogen (secondary N) is 3. The van der Waals surface area contributed by atoms with E-state index in [1.807, 2.05) is 32.9 Å². The molecule has 4 aromatic carbocycles. The molecule has 0 amide bonds. The number of nitro groups is 2. The van der Waals surface area contributed by atoms with E-state index in [9.17, 15) is 34.6 Å². The maximum Gasteiger partial charge on any atom is 0.337 e. The second kappa shape index (κ2) is 19.2. The predicted octanol–water partition coefficient (Wildman–Crippen LogP) is 5.35. The van der Waals surface area contributed by atoms with Crippen LogP contribution in [0, 0.1) is 60.3 Å². The first kappa shape index (κ1) is 42.5. The van der Waals surface area contributed by atoms with Gasteiger partial charge in [0.15, 0.2) is 0 Å². The van der Waals surface area contributed by atoms with E-state index < -0.39 is 10.9 Å². The van der Waals surface area contributed by atoms with Crippen molar-refractivity contribution >= 4 is 62.1 Å². The molecule has 0 aliphatic rings. The largest absolute Gasteiger partial charge is 0.478 e. The van der Waals surface area contributed by atoms with E-state index in [0.717, 1.165) is 39.6 Å². The zero-order valence-corrected chi connectivity index (χ0v) is 30.7. The highest BCUT2D eigenvalue weighted by atomic mass is 16.6. The molecule has 0 saturated carbocycles. The normalized spacial score (nSPS) is 9.95. The van der Waals surface area contributed by atoms with Gasteiger partial charge in [0.05, 0.1) is 61.7 Å². The van der Waals surface area contributed by atoms with Crippen LogP contribution in [0.15, 0.2) is 89.2 Å². The molecule has 56 heavy (non-hydrogen) atoms. The Bertz CT molecular complexity index is 2700. The van der Waals surface area contributed by atoms with Gasteiger partial charge in [-0.15, -0.1) is 0 Å². The number of carboxylic acids is 1. The Hall–Kier alpha value is -7.96. The fourth-order valence-corrected chi connectivity index (χ4v) is 4.98. The van der Waals surface area contributed by atoms with Crippen LogP contribution in [0.3, 0.4) is 0 Å². The highest BCUT2D eigenvalue weighted by molar-refractivity contribution is 5.93. The van der Waals surface area contributed by atoms with Gasteiger partial charge in [-0.2, -0.15) is 0 Å². The summed E-state index contributed by atoms with van der Waals surface area (Å²) in [5.41, 5.74) is 15.8. The van der Waals surface area contributed by atoms with Crippen molar-refractivity contribution in [2.24, 2.45) is 5.73 Å². The van der Waals surface area contributed by atoms with Crippen molar-refractivity contribution in [1.82, 2.24) is 29.9 Å². The van der Waals surface area contributed by atoms with E-state index in [2.05, 4.69) is 35.6 Å². The lowest BCUT2D eigenvalue weighted by Crippen LogP contribution is -2.07. The van der Waals surface area contributed by atoms with Gasteiger partial charge in [0.25, 0.3) is 22.5 Å². The average Bonchev–Trinajstić information content (AvgIpc) is 3.12. The number of aromatic nitrogens is 6. The molecule has 0 spiro atoms. The van der Waals surface area contributed by atoms with Crippen LogP contribution in [0.25, 0.3) is 32.7 Å². The first-order chi connectivity index (χ1) is 26.5. The molecular weight excluding hydrogens is 726 g/mol. The molecule has 7 rings (SSSR count). The van der Waals surface area contributed by atoms with Crippen LogP contribution in [0.2, 0.25) is 0 Å². The Morgan fingerprint density at radius 3 is 1.70 bits per heavy atom. The van der Waals surface area contributed by atoms with Crippen LogP contribution >= 0.6 is 0 Å². The van der Waals surface area contributed by atoms with Gasteiger partial charge in [0, 0.05) is 40.0 Å². The van der Waals surface area contributed by atoms with Gasteiger partial charge in [-0.3, -0.25) is 35.2 Å². The number of aromatic amines is 2. The number of fused-ring (bicyclic) bond motifs is 3. The van der Waals surface area contributed by atoms with Gasteiger partial charge >= 0.3 is 5.97 Å². The lowest BCUT2D eigenvalue weighted by atomic mass is 10.1. The Morgan fingerprint density at radius 1 is 0.714 bits per heavy atom. The monoisotopic (exact) mass is 763 g/mol. The average molecular weight is 764 g/mol. The minimum Gasteiger partial charge on any atom is -0.478 e. The van der Waals surface area contributed by atoms with Crippen molar-refractivity contribution in [3.63, 3.8) is 0 Å². The Morgan fingerprint density at radius 2 is 1.18 bits per heavy atom. The summed E-state index contributed by atoms with van der Waals surface area (Å²) in [5, 5.41) is 37.4. The van der Waals surface area contributed by atoms with Gasteiger partial charge in [-0.05, 0) is 82.1 Å². The third-order valence-electron chi connectivity index (χ3n) is 7.74. The molecule has 0 unspecified atom stereocenters. The summed E-state index contributed by atoms with van der Waals surface area (Å²) in [5.74, 6) is -0.984. The van der Waals surface area contributed by atoms with E-state index in [4.69, 9.17) is 16.2 Å². The Labute approximate surface area is 316 Å². The number of anilines is 1. The summed E-state index contributed by atoms with van der Waals surface area (Å²) in [7, 11) is 0. The zero-order valence-electron chi connectivity index (χ0n) is 30.7. The van der Waals surface area contributed by atoms with Crippen molar-refractivity contribution in [3.05, 3.63) is 154 Å². The number of nitrogen functional groups attached to an aromatic ring is 1. The summed E-state index contributed by atoms with van der Waals surface area (Å²) in [6, 6.07) is 16.5. The van der Waals surface area contributed by atoms with E-state index >= 15 is 0 Å². The number of carbonyl (C=O) groups is 1. The molecule has 0 atom stereocenters. The first-order valence-electron chi connectivity index (χ1n) is 16.2. The fraction of sp³-hybridized carbons (Fsp3) is 0.135. The molecule has 7 aromatic rings. The molecule has 19 nitrogen and oxygen atoms in total. The number of benzene rings is 4. The summed E-state index contributed by atoms with van der Waals surface area (Å²) < 4.78 is 0. The molecule has 0 bridgehead atoms. The molecule has 0 radical (unpaired) electrons. The molecule has 0 aliphatic carbocycles. The van der Waals surface area contributed by atoms with Crippen LogP contribution in [0.4, 0.5) is 17.1 Å². The van der Waals surface area contributed by atoms with Gasteiger partial charge in [-0.1, -0.05) is 12.1 Å². The van der Waals surface area contributed by atoms with Crippen LogP contribution < -0.4 is 22.6 Å². The van der Waals surface area contributed by atoms with Crippen molar-refractivity contribution in [2.75, 3.05) is 5.73 Å². The number of hydrogen-bond acceptors (Lipinski definition) is 13. The summed E-state index contributed by atoms with van der Waals surface area (Å²) >= 11 is 0. The van der Waals surface area contributed by atoms with Gasteiger partial charge in [-0.25, -0.2) is 24.7 Å². The number of H-pyrrole nitrogens is 2. The van der Waals surface area contributed by atoms with E-state index in [1.54, 1.807) is 38.1 Å². The minimum atomic E-state index is -0.984. The molecule has 3 aromatic heterocycles. The number of carboxylic acid groups (broad SMARTS) is 1. The van der Waals surface area contributed by atoms with Crippen molar-refractivity contribution in [1.29, 1.82) is 5.41 Å². The predicted molar refractivity (Wildman–Crippen MR) is 212 cm³/mol. The SMILES string of the molecule is Cc1cc2nc[nH]c(=O)c2cc1[N+](=O)[O-].Cc1cc2ncnc(C)c2cc1[N+](=O)[O-].Cc1ccc(C(=O)O)c(N)c1.Cc1ccc2c(=O)[nH]cnc2c1.N=CN. The third-order valence-corrected chi connectivity index (χ3v) is 7.74. The molecular formula is C37H37N11O8. The zero-order chi connectivity index (χ0) is 41.7. The van der Waals surface area contributed by atoms with E-state index in [-0.39, 0.29) is 38.4 Å². The first-order valence-corrected chi connectivity index (χ1v) is 16.2. The molecule has 288 valence electrons. The fourth-order valence-electron chi connectivity index (χ4n) is 4.98. The standard InChI is InChI=1S/C10H9N3O2.C9H7N3O3.C9H8N2O.C8H9NO2.CH4N2/c1-6-3-9-8(4-10(6)13(14)15)7(2)11-5-12-9;1-5-2-7-6(3-8(5)12(14)15)9(13)11-4-10-7;1-6-2-3-7-8(4-6)10-5-11-9(7)12;1-5-2-3-6(8(10)11)7(9)4-5;2-1-3/h3-5H,1-2H3;2-4H,1H3,(H,10,11,13);2-5H,1H3,(H,10,11,12);2-4H,9H2,1H3,(H,10,11);1H,(H3,2,3). The number of nitrogens with two attached hydrogens (primary N) is 2. The lowest BCUT2D eigenvalue weighted by Gasteiger charge is -2.02. The Balaban J connectivity index is 0.000000197. The number of nitro benzene ring substituents is 2. The second-order valence-corrected chi connectivity index (χ2v) is 11.8. The molecule has 0 fully saturated rings. The topological polar surface area (TPSA) is 317 Å². The van der Waals surface area contributed by atoms with Crippen LogP contribution in [0.1, 0.15) is 38.3 Å². The minimum absolute atomic E-state index is 0.0685. The maximum atomic E-state index is 11.3. The lowest BCUT2D eigenvalue weighted by molar-refractivity contribution is -0.385. The number of aryl methyl sites for hydroxylation is 5. The molecule has 0 saturated heterocycles. The van der Waals surface area contributed by atoms with Crippen molar-refractivity contribution in [3.8, 4) is 0 Å². The molecule has 8 N–H and O–H groups in total. The van der Waals surface area contributed by atoms with Gasteiger partial charge in [0.1, 0.15) is 6.33 Å². The number of hydrogen-bond donors (Lipinski definition) is 6. The molecule has 3 heterocycles. The highest BCUT2D eigenvalue weighted by Gasteiger charge is 2.14. The summed E-state index contributed by atoms with van der Waals surface area (Å²) in [6.07, 6.45) is 4.91. The van der Waals surface area contributed by atoms with Gasteiger partial charge < -0.3 is 26.5 Å². The van der Waals surface area contributed by atoms with Crippen LogP contribution in [0.5, 0.6) is 0 Å². The van der Waals surface area contributed by atoms with E-state index in [1.165, 1.54) is 43.2 Å². The maximum absolute atomic E-state index is 11.3. The Kier molecular flexibility index (Phi) is 14.6. The van der Waals surface area contributed by atoms with Crippen LogP contribution in [-0.4, -0.2) is 57.2 Å². The third kappa shape index (κ3) is 11.0. The molecule has 19 heteroatoms. The smallest absolute Gasteiger partial charge is 0.337 e. The van der Waals surface area contributed by atoms with Gasteiger partial charge in [0.2, 0.25) is 0 Å². The number of nitrogens with zero attached hydrogens (tertiary/aromatic N) is 6. The van der Waals surface area contributed by atoms with Crippen molar-refractivity contribution < 1.29 is 19.7 Å². The van der Waals surface area contributed by atoms with E-state index in [0.29, 0.717) is 27.7 Å². The summed E-state index contributed by atoms with van der Waals surface area (Å²) in [4.78, 5) is 74.4.